The summed E-state index contributed by atoms with van der Waals surface area (Å²) in [5.41, 5.74) is 1.79. The lowest BCUT2D eigenvalue weighted by atomic mass is 10.1. The number of esters is 1. The van der Waals surface area contributed by atoms with E-state index in [1.54, 1.807) is 55.7 Å². The molecular weight excluding hydrogens is 440 g/mol. The number of hydrogen-bond acceptors (Lipinski definition) is 7. The molecule has 1 heterocycles. The van der Waals surface area contributed by atoms with Crippen molar-refractivity contribution in [3.05, 3.63) is 88.8 Å². The summed E-state index contributed by atoms with van der Waals surface area (Å²) in [7, 11) is 3.04. The standard InChI is InChI=1S/C25H20N2O5S/c1-30-19-11-9-17(10-12-19)24(29)32-21-14-16(8-13-20(21)31-2)15-22-23(28)27-25(33-22)26-18-6-4-3-5-7-18/h3-15H,1-2H3,(H,26,27,28). The molecule has 1 aliphatic rings. The summed E-state index contributed by atoms with van der Waals surface area (Å²) in [5.74, 6) is 0.497. The number of benzene rings is 3. The maximum Gasteiger partial charge on any atom is 0.343 e. The van der Waals surface area contributed by atoms with Crippen molar-refractivity contribution < 1.29 is 23.8 Å². The van der Waals surface area contributed by atoms with E-state index in [0.29, 0.717) is 32.7 Å². The summed E-state index contributed by atoms with van der Waals surface area (Å²) in [6, 6.07) is 21.1. The highest BCUT2D eigenvalue weighted by atomic mass is 32.2. The fraction of sp³-hybridized carbons (Fsp3) is 0.0800. The number of nitrogens with one attached hydrogen (secondary N) is 1. The summed E-state index contributed by atoms with van der Waals surface area (Å²) in [5, 5.41) is 3.26. The Labute approximate surface area is 195 Å². The molecule has 166 valence electrons. The van der Waals surface area contributed by atoms with E-state index in [1.807, 2.05) is 30.3 Å². The molecular formula is C25H20N2O5S. The van der Waals surface area contributed by atoms with E-state index < -0.39 is 5.97 Å². The lowest BCUT2D eigenvalue weighted by Gasteiger charge is -2.10. The van der Waals surface area contributed by atoms with Crippen molar-refractivity contribution in [2.24, 2.45) is 4.99 Å². The molecule has 33 heavy (non-hydrogen) atoms. The number of carbonyl (C=O) groups excluding carboxylic acids is 2. The monoisotopic (exact) mass is 460 g/mol. The fourth-order valence-electron chi connectivity index (χ4n) is 3.00. The van der Waals surface area contributed by atoms with Crippen molar-refractivity contribution in [1.29, 1.82) is 0 Å². The summed E-state index contributed by atoms with van der Waals surface area (Å²) < 4.78 is 16.0. The second-order valence-electron chi connectivity index (χ2n) is 6.85. The topological polar surface area (TPSA) is 86.2 Å². The first-order valence-corrected chi connectivity index (χ1v) is 10.8. The predicted octanol–water partition coefficient (Wildman–Crippen LogP) is 4.81. The van der Waals surface area contributed by atoms with Crippen molar-refractivity contribution in [2.45, 2.75) is 0 Å². The molecule has 0 unspecified atom stereocenters. The Morgan fingerprint density at radius 1 is 0.939 bits per heavy atom. The van der Waals surface area contributed by atoms with E-state index >= 15 is 0 Å². The quantitative estimate of drug-likeness (QED) is 0.323. The molecule has 0 aliphatic carbocycles. The Morgan fingerprint density at radius 2 is 1.70 bits per heavy atom. The van der Waals surface area contributed by atoms with E-state index in [4.69, 9.17) is 14.2 Å². The summed E-state index contributed by atoms with van der Waals surface area (Å²) in [4.78, 5) is 29.9. The second kappa shape index (κ2) is 10.1. The molecule has 8 heteroatoms. The molecule has 1 saturated heterocycles. The van der Waals surface area contributed by atoms with E-state index in [1.165, 1.54) is 18.9 Å². The number of hydrogen-bond donors (Lipinski definition) is 1. The van der Waals surface area contributed by atoms with Gasteiger partial charge in [-0.1, -0.05) is 24.3 Å². The van der Waals surface area contributed by atoms with E-state index in [9.17, 15) is 9.59 Å². The smallest absolute Gasteiger partial charge is 0.343 e. The van der Waals surface area contributed by atoms with Gasteiger partial charge in [0, 0.05) is 0 Å². The highest BCUT2D eigenvalue weighted by Gasteiger charge is 2.24. The van der Waals surface area contributed by atoms with Gasteiger partial charge in [0.2, 0.25) is 0 Å². The van der Waals surface area contributed by atoms with Crippen LogP contribution in [0.3, 0.4) is 0 Å². The Hall–Kier alpha value is -4.04. The minimum Gasteiger partial charge on any atom is -0.497 e. The molecule has 0 aromatic heterocycles. The summed E-state index contributed by atoms with van der Waals surface area (Å²) in [6.45, 7) is 0. The number of thioether (sulfide) groups is 1. The third-order valence-corrected chi connectivity index (χ3v) is 5.56. The third kappa shape index (κ3) is 5.42. The molecule has 4 rings (SSSR count). The largest absolute Gasteiger partial charge is 0.497 e. The van der Waals surface area contributed by atoms with Crippen LogP contribution in [0.15, 0.2) is 82.7 Å². The van der Waals surface area contributed by atoms with Crippen LogP contribution in [0, 0.1) is 0 Å². The molecule has 1 fully saturated rings. The maximum atomic E-state index is 12.6. The van der Waals surface area contributed by atoms with Gasteiger partial charge >= 0.3 is 5.97 Å². The first-order chi connectivity index (χ1) is 16.1. The molecule has 0 atom stereocenters. The minimum atomic E-state index is -0.536. The molecule has 3 aromatic carbocycles. The minimum absolute atomic E-state index is 0.245. The maximum absolute atomic E-state index is 12.6. The van der Waals surface area contributed by atoms with Crippen LogP contribution in [0.2, 0.25) is 0 Å². The summed E-state index contributed by atoms with van der Waals surface area (Å²) in [6.07, 6.45) is 1.71. The number of para-hydroxylation sites is 1. The lowest BCUT2D eigenvalue weighted by molar-refractivity contribution is -0.115. The van der Waals surface area contributed by atoms with Crippen LogP contribution in [-0.2, 0) is 4.79 Å². The molecule has 1 N–H and O–H groups in total. The van der Waals surface area contributed by atoms with Gasteiger partial charge in [-0.15, -0.1) is 0 Å². The van der Waals surface area contributed by atoms with Crippen LogP contribution in [0.1, 0.15) is 15.9 Å². The number of methoxy groups -OCH3 is 2. The highest BCUT2D eigenvalue weighted by molar-refractivity contribution is 8.18. The number of aliphatic imine (C=N–C) groups is 1. The number of carbonyl (C=O) groups is 2. The average Bonchev–Trinajstić information content (AvgIpc) is 3.18. The molecule has 0 radical (unpaired) electrons. The Morgan fingerprint density at radius 3 is 2.39 bits per heavy atom. The van der Waals surface area contributed by atoms with Gasteiger partial charge in [0.1, 0.15) is 5.75 Å². The van der Waals surface area contributed by atoms with E-state index in [0.717, 1.165) is 5.69 Å². The lowest BCUT2D eigenvalue weighted by Crippen LogP contribution is -2.19. The molecule has 0 spiro atoms. The fourth-order valence-corrected chi connectivity index (χ4v) is 3.84. The number of rotatable bonds is 6. The van der Waals surface area contributed by atoms with Gasteiger partial charge in [-0.05, 0) is 71.9 Å². The second-order valence-corrected chi connectivity index (χ2v) is 7.88. The number of nitrogens with zero attached hydrogens (tertiary/aromatic N) is 1. The summed E-state index contributed by atoms with van der Waals surface area (Å²) >= 11 is 1.24. The normalized spacial score (nSPS) is 15.4. The zero-order valence-electron chi connectivity index (χ0n) is 17.9. The molecule has 3 aromatic rings. The first kappa shape index (κ1) is 22.2. The van der Waals surface area contributed by atoms with Crippen LogP contribution in [0.5, 0.6) is 17.2 Å². The van der Waals surface area contributed by atoms with Crippen LogP contribution < -0.4 is 19.5 Å². The first-order valence-electron chi connectivity index (χ1n) is 9.94. The Balaban J connectivity index is 1.54. The van der Waals surface area contributed by atoms with Gasteiger partial charge in [-0.25, -0.2) is 9.79 Å². The van der Waals surface area contributed by atoms with Gasteiger partial charge in [0.25, 0.3) is 5.91 Å². The Bertz CT molecular complexity index is 1240. The number of amides is 1. The van der Waals surface area contributed by atoms with Crippen molar-refractivity contribution >= 4 is 40.6 Å². The van der Waals surface area contributed by atoms with E-state index in [-0.39, 0.29) is 11.7 Å². The molecule has 7 nitrogen and oxygen atoms in total. The number of amidine groups is 1. The van der Waals surface area contributed by atoms with Crippen molar-refractivity contribution in [3.8, 4) is 17.2 Å². The molecule has 1 aliphatic heterocycles. The van der Waals surface area contributed by atoms with Crippen molar-refractivity contribution in [3.63, 3.8) is 0 Å². The van der Waals surface area contributed by atoms with Crippen LogP contribution in [-0.4, -0.2) is 31.3 Å². The Kier molecular flexibility index (Phi) is 6.75. The van der Waals surface area contributed by atoms with Gasteiger partial charge in [-0.3, -0.25) is 4.79 Å². The molecule has 0 saturated carbocycles. The average molecular weight is 461 g/mol. The van der Waals surface area contributed by atoms with Gasteiger partial charge in [0.15, 0.2) is 16.7 Å². The van der Waals surface area contributed by atoms with E-state index in [2.05, 4.69) is 10.3 Å². The van der Waals surface area contributed by atoms with Gasteiger partial charge < -0.3 is 19.5 Å². The number of ether oxygens (including phenoxy) is 3. The highest BCUT2D eigenvalue weighted by Crippen LogP contribution is 2.32. The van der Waals surface area contributed by atoms with Gasteiger partial charge in [-0.2, -0.15) is 0 Å². The third-order valence-electron chi connectivity index (χ3n) is 4.65. The molecule has 0 bridgehead atoms. The SMILES string of the molecule is COc1ccc(C(=O)Oc2cc(C=C3SC(=Nc4ccccc4)NC3=O)ccc2OC)cc1. The predicted molar refractivity (Wildman–Crippen MR) is 128 cm³/mol. The van der Waals surface area contributed by atoms with Gasteiger partial charge in [0.05, 0.1) is 30.4 Å². The van der Waals surface area contributed by atoms with Crippen LogP contribution in [0.4, 0.5) is 5.69 Å². The van der Waals surface area contributed by atoms with Crippen LogP contribution in [0.25, 0.3) is 6.08 Å². The van der Waals surface area contributed by atoms with Crippen molar-refractivity contribution in [2.75, 3.05) is 14.2 Å². The van der Waals surface area contributed by atoms with Crippen molar-refractivity contribution in [1.82, 2.24) is 5.32 Å². The zero-order valence-corrected chi connectivity index (χ0v) is 18.7. The zero-order chi connectivity index (χ0) is 23.2. The van der Waals surface area contributed by atoms with Crippen LogP contribution >= 0.6 is 11.8 Å². The molecule has 1 amide bonds.